The van der Waals surface area contributed by atoms with Crippen molar-refractivity contribution in [1.82, 2.24) is 0 Å². The summed E-state index contributed by atoms with van der Waals surface area (Å²) in [6, 6.07) is 16.3. The van der Waals surface area contributed by atoms with Gasteiger partial charge in [0.2, 0.25) is 0 Å². The van der Waals surface area contributed by atoms with E-state index in [9.17, 15) is 84.2 Å². The van der Waals surface area contributed by atoms with Crippen molar-refractivity contribution < 1.29 is 98.4 Å². The SMILES string of the molecule is CCCCCCCCOc1ccc(C#Cc2ccc(C(=O)Oc3ccc(C(=O)OCCC(F)(F)C(F)(F)C(F)(F)C(F)(F)C(F)(F)C(F)(F)C(F)(F)C(F)(F)F)cc3)cc2)cc1. The number of rotatable bonds is 20. The quantitative estimate of drug-likeness (QED) is 0.0371. The number of alkyl halides is 17. The Morgan fingerprint density at radius 3 is 1.37 bits per heavy atom. The van der Waals surface area contributed by atoms with Crippen LogP contribution in [-0.2, 0) is 4.74 Å². The van der Waals surface area contributed by atoms with Crippen LogP contribution in [0.3, 0.4) is 0 Å². The van der Waals surface area contributed by atoms with E-state index in [1.165, 1.54) is 43.5 Å². The predicted octanol–water partition coefficient (Wildman–Crippen LogP) is 12.6. The Labute approximate surface area is 341 Å². The average Bonchev–Trinajstić information content (AvgIpc) is 3.19. The number of unbranched alkanes of at least 4 members (excludes halogenated alkanes) is 5. The van der Waals surface area contributed by atoms with Crippen molar-refractivity contribution in [3.8, 4) is 23.3 Å². The molecule has 0 aliphatic rings. The Balaban J connectivity index is 1.56. The molecule has 62 heavy (non-hydrogen) atoms. The maximum atomic E-state index is 14.1. The second-order valence-electron chi connectivity index (χ2n) is 13.4. The van der Waals surface area contributed by atoms with Gasteiger partial charge in [-0.1, -0.05) is 50.9 Å². The van der Waals surface area contributed by atoms with Crippen molar-refractivity contribution in [2.45, 2.75) is 99.5 Å². The van der Waals surface area contributed by atoms with Gasteiger partial charge < -0.3 is 14.2 Å². The second kappa shape index (κ2) is 19.4. The molecule has 22 heteroatoms. The van der Waals surface area contributed by atoms with Crippen LogP contribution in [0.4, 0.5) is 74.6 Å². The maximum absolute atomic E-state index is 14.1. The van der Waals surface area contributed by atoms with E-state index in [1.54, 1.807) is 24.3 Å². The van der Waals surface area contributed by atoms with Gasteiger partial charge in [0.05, 0.1) is 30.8 Å². The largest absolute Gasteiger partial charge is 0.494 e. The number of hydrogen-bond acceptors (Lipinski definition) is 5. The molecule has 0 N–H and O–H groups in total. The molecule has 0 radical (unpaired) electrons. The molecular formula is C40H33F17O5. The van der Waals surface area contributed by atoms with Crippen molar-refractivity contribution in [2.24, 2.45) is 0 Å². The van der Waals surface area contributed by atoms with Gasteiger partial charge in [-0.2, -0.15) is 74.6 Å². The summed E-state index contributed by atoms with van der Waals surface area (Å²) in [6.45, 7) is 0.634. The third-order valence-corrected chi connectivity index (χ3v) is 8.83. The second-order valence-corrected chi connectivity index (χ2v) is 13.4. The Kier molecular flexibility index (Phi) is 16.0. The van der Waals surface area contributed by atoms with E-state index in [4.69, 9.17) is 9.47 Å². The smallest absolute Gasteiger partial charge is 0.460 e. The molecule has 0 heterocycles. The standard InChI is InChI=1S/C40H33F17O5/c1-2-3-4-5-6-7-23-60-29-18-12-26(13-19-29)9-8-25-10-14-28(15-11-25)32(59)62-30-20-16-27(17-21-30)31(58)61-24-22-33(41,42)34(43,44)35(45,46)36(47,48)37(49,50)38(51,52)39(53,54)40(55,56)57/h10-21H,2-7,22-24H2,1H3. The molecule has 342 valence electrons. The first kappa shape index (κ1) is 51.1. The Hall–Kier alpha value is -5.23. The molecule has 0 bridgehead atoms. The van der Waals surface area contributed by atoms with Crippen molar-refractivity contribution in [3.63, 3.8) is 0 Å². The number of halogens is 17. The van der Waals surface area contributed by atoms with Gasteiger partial charge in [-0.15, -0.1) is 0 Å². The highest BCUT2D eigenvalue weighted by molar-refractivity contribution is 5.92. The summed E-state index contributed by atoms with van der Waals surface area (Å²) >= 11 is 0. The van der Waals surface area contributed by atoms with Crippen molar-refractivity contribution in [3.05, 3.63) is 95.1 Å². The molecule has 0 amide bonds. The van der Waals surface area contributed by atoms with Gasteiger partial charge in [0.1, 0.15) is 11.5 Å². The van der Waals surface area contributed by atoms with Crippen LogP contribution in [0.15, 0.2) is 72.8 Å². The van der Waals surface area contributed by atoms with E-state index in [0.29, 0.717) is 23.5 Å². The first-order chi connectivity index (χ1) is 28.5. The molecule has 3 aromatic rings. The third kappa shape index (κ3) is 10.9. The fraction of sp³-hybridized carbons (Fsp3) is 0.450. The normalized spacial score (nSPS) is 13.3. The molecular weight excluding hydrogens is 883 g/mol. The first-order valence-electron chi connectivity index (χ1n) is 18.0. The number of carbonyl (C=O) groups excluding carboxylic acids is 2. The number of hydrogen-bond donors (Lipinski definition) is 0. The van der Waals surface area contributed by atoms with E-state index >= 15 is 0 Å². The third-order valence-electron chi connectivity index (χ3n) is 8.83. The summed E-state index contributed by atoms with van der Waals surface area (Å²) in [7, 11) is 0. The van der Waals surface area contributed by atoms with E-state index in [-0.39, 0.29) is 11.3 Å². The highest BCUT2D eigenvalue weighted by atomic mass is 19.4. The van der Waals surface area contributed by atoms with Crippen LogP contribution in [-0.4, -0.2) is 72.8 Å². The van der Waals surface area contributed by atoms with E-state index in [2.05, 4.69) is 23.5 Å². The molecule has 0 aliphatic carbocycles. The van der Waals surface area contributed by atoms with Gasteiger partial charge in [-0.25, -0.2) is 9.59 Å². The van der Waals surface area contributed by atoms with Crippen LogP contribution >= 0.6 is 0 Å². The van der Waals surface area contributed by atoms with Gasteiger partial charge in [-0.3, -0.25) is 0 Å². The zero-order valence-corrected chi connectivity index (χ0v) is 31.8. The lowest BCUT2D eigenvalue weighted by Gasteiger charge is -2.42. The molecule has 0 aromatic heterocycles. The predicted molar refractivity (Wildman–Crippen MR) is 185 cm³/mol. The zero-order valence-electron chi connectivity index (χ0n) is 31.8. The molecule has 5 nitrogen and oxygen atoms in total. The topological polar surface area (TPSA) is 61.8 Å². The molecule has 0 atom stereocenters. The molecule has 0 fully saturated rings. The molecule has 0 spiro atoms. The average molecular weight is 917 g/mol. The summed E-state index contributed by atoms with van der Waals surface area (Å²) < 4.78 is 244. The highest BCUT2D eigenvalue weighted by Gasteiger charge is 2.95. The summed E-state index contributed by atoms with van der Waals surface area (Å²) in [6.07, 6.45) is -4.02. The highest BCUT2D eigenvalue weighted by Crippen LogP contribution is 2.64. The summed E-state index contributed by atoms with van der Waals surface area (Å²) in [5.41, 5.74) is 0.578. The Bertz CT molecular complexity index is 2020. The molecule has 0 saturated carbocycles. The van der Waals surface area contributed by atoms with Gasteiger partial charge in [0, 0.05) is 11.1 Å². The van der Waals surface area contributed by atoms with Crippen LogP contribution in [0.1, 0.15) is 83.7 Å². The van der Waals surface area contributed by atoms with Crippen LogP contribution < -0.4 is 9.47 Å². The monoisotopic (exact) mass is 916 g/mol. The van der Waals surface area contributed by atoms with E-state index < -0.39 is 78.2 Å². The van der Waals surface area contributed by atoms with E-state index in [1.807, 2.05) is 0 Å². The Morgan fingerprint density at radius 2 is 0.871 bits per heavy atom. The van der Waals surface area contributed by atoms with Crippen molar-refractivity contribution >= 4 is 11.9 Å². The molecule has 0 saturated heterocycles. The maximum Gasteiger partial charge on any atom is 0.460 e. The Morgan fingerprint density at radius 1 is 0.468 bits per heavy atom. The van der Waals surface area contributed by atoms with Crippen LogP contribution in [0.25, 0.3) is 0 Å². The summed E-state index contributed by atoms with van der Waals surface area (Å²) in [4.78, 5) is 24.8. The zero-order chi connectivity index (χ0) is 47.0. The first-order valence-corrected chi connectivity index (χ1v) is 18.0. The number of esters is 2. The van der Waals surface area contributed by atoms with Crippen molar-refractivity contribution in [1.29, 1.82) is 0 Å². The number of benzene rings is 3. The number of carbonyl (C=O) groups is 2. The number of ether oxygens (including phenoxy) is 3. The van der Waals surface area contributed by atoms with Gasteiger partial charge in [0.25, 0.3) is 0 Å². The minimum Gasteiger partial charge on any atom is -0.494 e. The fourth-order valence-electron chi connectivity index (χ4n) is 5.07. The lowest BCUT2D eigenvalue weighted by Crippen LogP contribution is -2.74. The van der Waals surface area contributed by atoms with Crippen LogP contribution in [0.2, 0.25) is 0 Å². The minimum absolute atomic E-state index is 0.0173. The van der Waals surface area contributed by atoms with Crippen LogP contribution in [0.5, 0.6) is 11.5 Å². The fourth-order valence-corrected chi connectivity index (χ4v) is 5.07. The lowest BCUT2D eigenvalue weighted by molar-refractivity contribution is -0.461. The molecule has 3 rings (SSSR count). The summed E-state index contributed by atoms with van der Waals surface area (Å²) in [5.74, 6) is -53.7. The summed E-state index contributed by atoms with van der Waals surface area (Å²) in [5, 5.41) is 0. The van der Waals surface area contributed by atoms with Crippen molar-refractivity contribution in [2.75, 3.05) is 13.2 Å². The van der Waals surface area contributed by atoms with Gasteiger partial charge >= 0.3 is 59.6 Å². The molecule has 0 aliphatic heterocycles. The van der Waals surface area contributed by atoms with Gasteiger partial charge in [-0.05, 0) is 79.2 Å². The van der Waals surface area contributed by atoms with Crippen LogP contribution in [0, 0.1) is 11.8 Å². The molecule has 0 unspecified atom stereocenters. The lowest BCUT2D eigenvalue weighted by atomic mass is 9.88. The molecule has 3 aromatic carbocycles. The van der Waals surface area contributed by atoms with E-state index in [0.717, 1.165) is 43.5 Å². The minimum atomic E-state index is -8.74. The van der Waals surface area contributed by atoms with Gasteiger partial charge in [0.15, 0.2) is 0 Å².